The largest absolute Gasteiger partial charge is 0.382 e. The monoisotopic (exact) mass is 208 g/mol. The molecule has 0 heterocycles. The number of aliphatic hydroxyl groups excluding tert-OH is 1. The van der Waals surface area contributed by atoms with Gasteiger partial charge in [0.25, 0.3) is 0 Å². The molecule has 0 amide bonds. The van der Waals surface area contributed by atoms with E-state index < -0.39 is 0 Å². The lowest BCUT2D eigenvalue weighted by molar-refractivity contribution is -0.662. The van der Waals surface area contributed by atoms with Crippen LogP contribution in [0.25, 0.3) is 0 Å². The van der Waals surface area contributed by atoms with Crippen LogP contribution >= 0.6 is 0 Å². The number of aliphatic hydroxyl groups is 1. The van der Waals surface area contributed by atoms with Gasteiger partial charge in [-0.3, -0.25) is 0 Å². The van der Waals surface area contributed by atoms with Gasteiger partial charge in [-0.1, -0.05) is 43.7 Å². The van der Waals surface area contributed by atoms with Crippen LogP contribution in [0.1, 0.15) is 37.9 Å². The van der Waals surface area contributed by atoms with E-state index in [4.69, 9.17) is 0 Å². The van der Waals surface area contributed by atoms with E-state index in [1.807, 2.05) is 30.3 Å². The van der Waals surface area contributed by atoms with Gasteiger partial charge in [0.1, 0.15) is 12.6 Å². The molecule has 0 unspecified atom stereocenters. The summed E-state index contributed by atoms with van der Waals surface area (Å²) in [6.45, 7) is 4.10. The van der Waals surface area contributed by atoms with Gasteiger partial charge in [-0.2, -0.15) is 0 Å². The van der Waals surface area contributed by atoms with E-state index in [0.29, 0.717) is 0 Å². The second-order valence-electron chi connectivity index (χ2n) is 3.95. The Morgan fingerprint density at radius 3 is 2.60 bits per heavy atom. The van der Waals surface area contributed by atoms with Gasteiger partial charge in [0.2, 0.25) is 0 Å². The molecule has 0 saturated heterocycles. The van der Waals surface area contributed by atoms with E-state index in [1.165, 1.54) is 19.3 Å². The van der Waals surface area contributed by atoms with Crippen LogP contribution in [0.3, 0.4) is 0 Å². The summed E-state index contributed by atoms with van der Waals surface area (Å²) in [6, 6.07) is 9.86. The van der Waals surface area contributed by atoms with Crippen LogP contribution in [-0.2, 0) is 0 Å². The highest BCUT2D eigenvalue weighted by atomic mass is 16.3. The second kappa shape index (κ2) is 7.43. The lowest BCUT2D eigenvalue weighted by Crippen LogP contribution is -2.85. The van der Waals surface area contributed by atoms with Crippen molar-refractivity contribution in [1.29, 1.82) is 0 Å². The first-order chi connectivity index (χ1) is 7.34. The Labute approximate surface area is 92.3 Å². The molecule has 0 aliphatic rings. The second-order valence-corrected chi connectivity index (χ2v) is 3.95. The summed E-state index contributed by atoms with van der Waals surface area (Å²) in [5.74, 6) is 0. The fourth-order valence-electron chi connectivity index (χ4n) is 1.63. The van der Waals surface area contributed by atoms with Crippen LogP contribution in [0, 0.1) is 0 Å². The van der Waals surface area contributed by atoms with Gasteiger partial charge in [-0.25, -0.2) is 0 Å². The highest BCUT2D eigenvalue weighted by Gasteiger charge is 2.07. The zero-order chi connectivity index (χ0) is 10.9. The molecule has 0 fully saturated rings. The van der Waals surface area contributed by atoms with Crippen LogP contribution in [0.5, 0.6) is 0 Å². The van der Waals surface area contributed by atoms with Gasteiger partial charge in [0.05, 0.1) is 6.54 Å². The van der Waals surface area contributed by atoms with E-state index in [-0.39, 0.29) is 6.10 Å². The van der Waals surface area contributed by atoms with Crippen molar-refractivity contribution >= 4 is 0 Å². The Bertz CT molecular complexity index is 248. The summed E-state index contributed by atoms with van der Waals surface area (Å²) in [6.07, 6.45) is 3.47. The van der Waals surface area contributed by atoms with Crippen LogP contribution in [-0.4, -0.2) is 18.2 Å². The summed E-state index contributed by atoms with van der Waals surface area (Å²) in [5, 5.41) is 12.0. The lowest BCUT2D eigenvalue weighted by atomic mass is 10.1. The van der Waals surface area contributed by atoms with Crippen molar-refractivity contribution in [2.75, 3.05) is 13.1 Å². The molecule has 1 rings (SSSR count). The molecule has 0 bridgehead atoms. The molecule has 0 aromatic heterocycles. The van der Waals surface area contributed by atoms with Gasteiger partial charge in [0, 0.05) is 0 Å². The van der Waals surface area contributed by atoms with Gasteiger partial charge < -0.3 is 10.4 Å². The first-order valence-corrected chi connectivity index (χ1v) is 5.89. The smallest absolute Gasteiger partial charge is 0.128 e. The molecular formula is C13H22NO+. The van der Waals surface area contributed by atoms with Gasteiger partial charge in [-0.15, -0.1) is 0 Å². The van der Waals surface area contributed by atoms with Crippen molar-refractivity contribution < 1.29 is 10.4 Å². The maximum Gasteiger partial charge on any atom is 0.128 e. The van der Waals surface area contributed by atoms with Crippen LogP contribution in [0.4, 0.5) is 0 Å². The Balaban J connectivity index is 2.16. The van der Waals surface area contributed by atoms with Gasteiger partial charge in [0.15, 0.2) is 0 Å². The molecule has 15 heavy (non-hydrogen) atoms. The third-order valence-corrected chi connectivity index (χ3v) is 2.59. The topological polar surface area (TPSA) is 36.8 Å². The van der Waals surface area contributed by atoms with E-state index in [1.54, 1.807) is 0 Å². The quantitative estimate of drug-likeness (QED) is 0.654. The Morgan fingerprint density at radius 2 is 1.93 bits per heavy atom. The van der Waals surface area contributed by atoms with Crippen molar-refractivity contribution in [3.05, 3.63) is 35.9 Å². The molecule has 1 aromatic carbocycles. The van der Waals surface area contributed by atoms with Crippen molar-refractivity contribution in [3.63, 3.8) is 0 Å². The Hall–Kier alpha value is -0.860. The first-order valence-electron chi connectivity index (χ1n) is 5.89. The average Bonchev–Trinajstić information content (AvgIpc) is 2.30. The molecule has 0 radical (unpaired) electrons. The number of hydrogen-bond donors (Lipinski definition) is 2. The lowest BCUT2D eigenvalue weighted by Gasteiger charge is -2.09. The number of rotatable bonds is 7. The minimum atomic E-state index is -0.326. The molecule has 0 aliphatic carbocycles. The fraction of sp³-hybridized carbons (Fsp3) is 0.538. The van der Waals surface area contributed by atoms with E-state index >= 15 is 0 Å². The molecular weight excluding hydrogens is 186 g/mol. The van der Waals surface area contributed by atoms with E-state index in [0.717, 1.165) is 18.7 Å². The number of benzene rings is 1. The molecule has 1 aromatic rings. The molecule has 1 atom stereocenters. The first kappa shape index (κ1) is 12.2. The molecule has 84 valence electrons. The summed E-state index contributed by atoms with van der Waals surface area (Å²) < 4.78 is 0. The number of unbranched alkanes of at least 4 members (excludes halogenated alkanes) is 2. The maximum atomic E-state index is 9.85. The maximum absolute atomic E-state index is 9.85. The highest BCUT2D eigenvalue weighted by molar-refractivity contribution is 5.16. The standard InChI is InChI=1S/C13H21NO/c1-2-3-7-10-14-11-13(15)12-8-5-4-6-9-12/h4-6,8-9,13-15H,2-3,7,10-11H2,1H3/p+1/t13-/m1/s1. The summed E-state index contributed by atoms with van der Waals surface area (Å²) >= 11 is 0. The predicted molar refractivity (Wildman–Crippen MR) is 62.6 cm³/mol. The van der Waals surface area contributed by atoms with Crippen molar-refractivity contribution in [3.8, 4) is 0 Å². The van der Waals surface area contributed by atoms with Gasteiger partial charge >= 0.3 is 0 Å². The van der Waals surface area contributed by atoms with E-state index in [2.05, 4.69) is 12.2 Å². The van der Waals surface area contributed by atoms with Crippen molar-refractivity contribution in [2.24, 2.45) is 0 Å². The molecule has 0 saturated carbocycles. The molecule has 2 nitrogen and oxygen atoms in total. The normalized spacial score (nSPS) is 12.7. The van der Waals surface area contributed by atoms with Crippen LogP contribution in [0.2, 0.25) is 0 Å². The third kappa shape index (κ3) is 4.96. The fourth-order valence-corrected chi connectivity index (χ4v) is 1.63. The van der Waals surface area contributed by atoms with Gasteiger partial charge in [-0.05, 0) is 18.4 Å². The zero-order valence-corrected chi connectivity index (χ0v) is 9.52. The van der Waals surface area contributed by atoms with Crippen LogP contribution < -0.4 is 5.32 Å². The number of quaternary nitrogens is 1. The van der Waals surface area contributed by atoms with Crippen LogP contribution in [0.15, 0.2) is 30.3 Å². The molecule has 2 heteroatoms. The SMILES string of the molecule is CCCCC[NH2+]C[C@@H](O)c1ccccc1. The Kier molecular flexibility index (Phi) is 6.05. The summed E-state index contributed by atoms with van der Waals surface area (Å²) in [7, 11) is 0. The van der Waals surface area contributed by atoms with Crippen molar-refractivity contribution in [2.45, 2.75) is 32.3 Å². The number of hydrogen-bond acceptors (Lipinski definition) is 1. The van der Waals surface area contributed by atoms with E-state index in [9.17, 15) is 5.11 Å². The average molecular weight is 208 g/mol. The summed E-state index contributed by atoms with van der Waals surface area (Å²) in [4.78, 5) is 0. The molecule has 0 spiro atoms. The predicted octanol–water partition coefficient (Wildman–Crippen LogP) is 1.47. The molecule has 3 N–H and O–H groups in total. The number of nitrogens with two attached hydrogens (primary N) is 1. The summed E-state index contributed by atoms with van der Waals surface area (Å²) in [5.41, 5.74) is 1.02. The highest BCUT2D eigenvalue weighted by Crippen LogP contribution is 2.08. The third-order valence-electron chi connectivity index (χ3n) is 2.59. The van der Waals surface area contributed by atoms with Crippen molar-refractivity contribution in [1.82, 2.24) is 0 Å². The minimum Gasteiger partial charge on any atom is -0.382 e. The minimum absolute atomic E-state index is 0.326. The zero-order valence-electron chi connectivity index (χ0n) is 9.52. The Morgan fingerprint density at radius 1 is 1.20 bits per heavy atom. The molecule has 0 aliphatic heterocycles.